The number of nitrogens with zero attached hydrogens (tertiary/aromatic N) is 3. The van der Waals surface area contributed by atoms with Crippen molar-refractivity contribution in [2.45, 2.75) is 25.9 Å². The van der Waals surface area contributed by atoms with Crippen LogP contribution in [0.25, 0.3) is 0 Å². The van der Waals surface area contributed by atoms with Crippen molar-refractivity contribution in [3.63, 3.8) is 0 Å². The fraction of sp³-hybridized carbons (Fsp3) is 0.733. The van der Waals surface area contributed by atoms with Gasteiger partial charge >= 0.3 is 0 Å². The Labute approximate surface area is 121 Å². The number of likely N-dealkylation sites (tertiary alicyclic amines) is 1. The first-order valence-electron chi connectivity index (χ1n) is 7.25. The van der Waals surface area contributed by atoms with E-state index in [0.29, 0.717) is 0 Å². The van der Waals surface area contributed by atoms with Crippen LogP contribution in [0.5, 0.6) is 0 Å². The lowest BCUT2D eigenvalue weighted by atomic mass is 10.3. The summed E-state index contributed by atoms with van der Waals surface area (Å²) in [7, 11) is 6.48. The SMILES string of the molecule is CN(C)CCN(C)Cc1cc(CN2CCCC2)cs1. The molecule has 1 aromatic heterocycles. The van der Waals surface area contributed by atoms with E-state index in [4.69, 9.17) is 0 Å². The standard InChI is InChI=1S/C15H27N3S/c1-16(2)8-9-17(3)12-15-10-14(13-19-15)11-18-6-4-5-7-18/h10,13H,4-9,11-12H2,1-3H3. The molecule has 19 heavy (non-hydrogen) atoms. The summed E-state index contributed by atoms with van der Waals surface area (Å²) in [5.41, 5.74) is 1.50. The molecule has 4 heteroatoms. The van der Waals surface area contributed by atoms with Crippen LogP contribution in [0.2, 0.25) is 0 Å². The van der Waals surface area contributed by atoms with Gasteiger partial charge < -0.3 is 9.80 Å². The van der Waals surface area contributed by atoms with Crippen LogP contribution in [-0.2, 0) is 13.1 Å². The Morgan fingerprint density at radius 1 is 1.16 bits per heavy atom. The highest BCUT2D eigenvalue weighted by Gasteiger charge is 2.12. The minimum absolute atomic E-state index is 1.08. The van der Waals surface area contributed by atoms with Gasteiger partial charge in [-0.05, 0) is 64.1 Å². The van der Waals surface area contributed by atoms with E-state index in [1.54, 1.807) is 0 Å². The van der Waals surface area contributed by atoms with Gasteiger partial charge in [0.1, 0.15) is 0 Å². The lowest BCUT2D eigenvalue weighted by molar-refractivity contribution is 0.278. The van der Waals surface area contributed by atoms with Gasteiger partial charge in [-0.3, -0.25) is 4.90 Å². The smallest absolute Gasteiger partial charge is 0.0325 e. The van der Waals surface area contributed by atoms with E-state index < -0.39 is 0 Å². The quantitative estimate of drug-likeness (QED) is 0.759. The Balaban J connectivity index is 1.76. The molecular formula is C15H27N3S. The third-order valence-electron chi connectivity index (χ3n) is 3.67. The van der Waals surface area contributed by atoms with Crippen LogP contribution in [0.4, 0.5) is 0 Å². The van der Waals surface area contributed by atoms with E-state index in [-0.39, 0.29) is 0 Å². The second-order valence-corrected chi connectivity index (χ2v) is 6.94. The third kappa shape index (κ3) is 5.22. The van der Waals surface area contributed by atoms with E-state index in [2.05, 4.69) is 47.3 Å². The molecule has 3 nitrogen and oxygen atoms in total. The van der Waals surface area contributed by atoms with E-state index >= 15 is 0 Å². The molecule has 0 spiro atoms. The van der Waals surface area contributed by atoms with Crippen LogP contribution >= 0.6 is 11.3 Å². The van der Waals surface area contributed by atoms with Crippen molar-refractivity contribution in [3.8, 4) is 0 Å². The molecule has 2 heterocycles. The zero-order chi connectivity index (χ0) is 13.7. The molecule has 0 radical (unpaired) electrons. The minimum Gasteiger partial charge on any atom is -0.308 e. The Morgan fingerprint density at radius 2 is 1.89 bits per heavy atom. The highest BCUT2D eigenvalue weighted by Crippen LogP contribution is 2.19. The molecule has 1 saturated heterocycles. The maximum absolute atomic E-state index is 2.57. The number of hydrogen-bond donors (Lipinski definition) is 0. The van der Waals surface area contributed by atoms with Gasteiger partial charge in [-0.2, -0.15) is 0 Å². The summed E-state index contributed by atoms with van der Waals surface area (Å²) >= 11 is 1.91. The van der Waals surface area contributed by atoms with Crippen molar-refractivity contribution < 1.29 is 0 Å². The van der Waals surface area contributed by atoms with Gasteiger partial charge in [0.25, 0.3) is 0 Å². The lowest BCUT2D eigenvalue weighted by Crippen LogP contribution is -2.28. The summed E-state index contributed by atoms with van der Waals surface area (Å²) in [6, 6.07) is 2.40. The molecule has 1 fully saturated rings. The van der Waals surface area contributed by atoms with Crippen LogP contribution in [-0.4, -0.2) is 62.0 Å². The fourth-order valence-corrected chi connectivity index (χ4v) is 3.47. The number of rotatable bonds is 7. The van der Waals surface area contributed by atoms with E-state index in [1.807, 2.05) is 11.3 Å². The summed E-state index contributed by atoms with van der Waals surface area (Å²) in [6.45, 7) is 7.06. The fourth-order valence-electron chi connectivity index (χ4n) is 2.51. The van der Waals surface area contributed by atoms with Gasteiger partial charge in [0.15, 0.2) is 0 Å². The molecule has 0 atom stereocenters. The first kappa shape index (κ1) is 15.0. The molecule has 0 N–H and O–H groups in total. The normalized spacial score (nSPS) is 16.9. The highest BCUT2D eigenvalue weighted by atomic mass is 32.1. The zero-order valence-corrected chi connectivity index (χ0v) is 13.4. The summed E-state index contributed by atoms with van der Waals surface area (Å²) in [5.74, 6) is 0. The van der Waals surface area contributed by atoms with E-state index in [9.17, 15) is 0 Å². The van der Waals surface area contributed by atoms with Crippen molar-refractivity contribution in [1.82, 2.24) is 14.7 Å². The van der Waals surface area contributed by atoms with Gasteiger partial charge in [0, 0.05) is 31.1 Å². The number of hydrogen-bond acceptors (Lipinski definition) is 4. The van der Waals surface area contributed by atoms with Crippen molar-refractivity contribution >= 4 is 11.3 Å². The average Bonchev–Trinajstić information content (AvgIpc) is 2.99. The molecule has 108 valence electrons. The van der Waals surface area contributed by atoms with E-state index in [0.717, 1.165) is 26.2 Å². The predicted molar refractivity (Wildman–Crippen MR) is 83.7 cm³/mol. The van der Waals surface area contributed by atoms with Crippen LogP contribution in [0.1, 0.15) is 23.3 Å². The zero-order valence-electron chi connectivity index (χ0n) is 12.6. The maximum atomic E-state index is 2.57. The lowest BCUT2D eigenvalue weighted by Gasteiger charge is -2.18. The molecule has 0 aliphatic carbocycles. The van der Waals surface area contributed by atoms with E-state index in [1.165, 1.54) is 36.4 Å². The Bertz CT molecular complexity index is 369. The summed E-state index contributed by atoms with van der Waals surface area (Å²) in [6.07, 6.45) is 2.76. The second-order valence-electron chi connectivity index (χ2n) is 5.95. The first-order valence-corrected chi connectivity index (χ1v) is 8.13. The van der Waals surface area contributed by atoms with Gasteiger partial charge in [-0.1, -0.05) is 0 Å². The highest BCUT2D eigenvalue weighted by molar-refractivity contribution is 7.10. The Hall–Kier alpha value is -0.420. The summed E-state index contributed by atoms with van der Waals surface area (Å²) in [5, 5.41) is 2.34. The largest absolute Gasteiger partial charge is 0.308 e. The number of thiophene rings is 1. The van der Waals surface area contributed by atoms with Crippen molar-refractivity contribution in [2.24, 2.45) is 0 Å². The van der Waals surface area contributed by atoms with Crippen molar-refractivity contribution in [2.75, 3.05) is 47.3 Å². The molecule has 1 aromatic rings. The average molecular weight is 281 g/mol. The van der Waals surface area contributed by atoms with Crippen LogP contribution in [0, 0.1) is 0 Å². The number of likely N-dealkylation sites (N-methyl/N-ethyl adjacent to an activating group) is 2. The van der Waals surface area contributed by atoms with Crippen molar-refractivity contribution in [1.29, 1.82) is 0 Å². The van der Waals surface area contributed by atoms with Gasteiger partial charge in [0.2, 0.25) is 0 Å². The molecule has 0 unspecified atom stereocenters. The molecule has 0 amide bonds. The second kappa shape index (κ2) is 7.39. The minimum atomic E-state index is 1.08. The predicted octanol–water partition coefficient (Wildman–Crippen LogP) is 2.34. The summed E-state index contributed by atoms with van der Waals surface area (Å²) in [4.78, 5) is 8.71. The summed E-state index contributed by atoms with van der Waals surface area (Å²) < 4.78 is 0. The van der Waals surface area contributed by atoms with Crippen molar-refractivity contribution in [3.05, 3.63) is 21.9 Å². The Kier molecular flexibility index (Phi) is 5.82. The third-order valence-corrected chi connectivity index (χ3v) is 4.64. The van der Waals surface area contributed by atoms with Crippen LogP contribution < -0.4 is 0 Å². The molecule has 1 aliphatic rings. The topological polar surface area (TPSA) is 9.72 Å². The molecule has 2 rings (SSSR count). The van der Waals surface area contributed by atoms with Gasteiger partial charge in [-0.15, -0.1) is 11.3 Å². The molecular weight excluding hydrogens is 254 g/mol. The maximum Gasteiger partial charge on any atom is 0.0325 e. The van der Waals surface area contributed by atoms with Crippen LogP contribution in [0.15, 0.2) is 11.4 Å². The molecule has 0 aromatic carbocycles. The molecule has 0 saturated carbocycles. The first-order chi connectivity index (χ1) is 9.13. The van der Waals surface area contributed by atoms with Crippen LogP contribution in [0.3, 0.4) is 0 Å². The monoisotopic (exact) mass is 281 g/mol. The Morgan fingerprint density at radius 3 is 2.58 bits per heavy atom. The van der Waals surface area contributed by atoms with Gasteiger partial charge in [0.05, 0.1) is 0 Å². The van der Waals surface area contributed by atoms with Gasteiger partial charge in [-0.25, -0.2) is 0 Å². The molecule has 1 aliphatic heterocycles. The molecule has 0 bridgehead atoms.